The molecule has 2 rings (SSSR count). The molecule has 7 nitrogen and oxygen atoms in total. The Morgan fingerprint density at radius 1 is 1.14 bits per heavy atom. The van der Waals surface area contributed by atoms with E-state index >= 15 is 0 Å². The van der Waals surface area contributed by atoms with Crippen LogP contribution in [0.4, 0.5) is 16.2 Å². The van der Waals surface area contributed by atoms with Crippen LogP contribution in [0.2, 0.25) is 0 Å². The number of ether oxygens (including phenoxy) is 1. The molecular formula is C14H12N2O5. The topological polar surface area (TPSA) is 102 Å². The fraction of sp³-hybridized carbons (Fsp3) is 0.0714. The summed E-state index contributed by atoms with van der Waals surface area (Å²) in [5, 5.41) is 22.1. The molecule has 0 aliphatic rings. The number of nitrogens with zero attached hydrogens (tertiary/aromatic N) is 1. The zero-order chi connectivity index (χ0) is 15.2. The van der Waals surface area contributed by atoms with Gasteiger partial charge in [0, 0.05) is 17.8 Å². The van der Waals surface area contributed by atoms with E-state index in [1.807, 2.05) is 0 Å². The third kappa shape index (κ3) is 4.20. The molecule has 0 aliphatic heterocycles. The van der Waals surface area contributed by atoms with Gasteiger partial charge in [-0.15, -0.1) is 0 Å². The van der Waals surface area contributed by atoms with E-state index in [2.05, 4.69) is 5.32 Å². The van der Waals surface area contributed by atoms with Crippen LogP contribution in [0, 0.1) is 10.1 Å². The highest BCUT2D eigenvalue weighted by Crippen LogP contribution is 2.15. The minimum atomic E-state index is -0.654. The van der Waals surface area contributed by atoms with E-state index in [9.17, 15) is 14.9 Å². The predicted molar refractivity (Wildman–Crippen MR) is 75.0 cm³/mol. The number of nitro groups is 1. The molecule has 2 aromatic carbocycles. The number of carbonyl (C=O) groups is 1. The summed E-state index contributed by atoms with van der Waals surface area (Å²) in [6.45, 7) is 0.00190. The summed E-state index contributed by atoms with van der Waals surface area (Å²) in [6, 6.07) is 11.7. The van der Waals surface area contributed by atoms with E-state index in [-0.39, 0.29) is 18.0 Å². The number of rotatable bonds is 4. The minimum Gasteiger partial charge on any atom is -0.508 e. The van der Waals surface area contributed by atoms with Crippen molar-refractivity contribution in [3.63, 3.8) is 0 Å². The van der Waals surface area contributed by atoms with Crippen LogP contribution in [0.15, 0.2) is 48.5 Å². The molecule has 1 amide bonds. The average molecular weight is 288 g/mol. The molecule has 0 saturated carbocycles. The molecule has 7 heteroatoms. The molecule has 0 heterocycles. The highest BCUT2D eigenvalue weighted by Gasteiger charge is 2.06. The molecule has 0 atom stereocenters. The molecule has 108 valence electrons. The van der Waals surface area contributed by atoms with Gasteiger partial charge in [0.05, 0.1) is 4.92 Å². The van der Waals surface area contributed by atoms with Crippen molar-refractivity contribution in [2.75, 3.05) is 5.32 Å². The van der Waals surface area contributed by atoms with Gasteiger partial charge in [-0.2, -0.15) is 0 Å². The van der Waals surface area contributed by atoms with Gasteiger partial charge < -0.3 is 9.84 Å². The van der Waals surface area contributed by atoms with Crippen LogP contribution in [-0.4, -0.2) is 16.1 Å². The van der Waals surface area contributed by atoms with Gasteiger partial charge in [0.2, 0.25) is 0 Å². The maximum absolute atomic E-state index is 11.5. The second-order valence-corrected chi connectivity index (χ2v) is 4.17. The molecule has 0 fully saturated rings. The molecular weight excluding hydrogens is 276 g/mol. The molecule has 0 unspecified atom stereocenters. The Hall–Kier alpha value is -3.09. The van der Waals surface area contributed by atoms with E-state index in [0.717, 1.165) is 0 Å². The van der Waals surface area contributed by atoms with E-state index in [1.54, 1.807) is 0 Å². The number of hydrogen-bond donors (Lipinski definition) is 2. The van der Waals surface area contributed by atoms with Crippen LogP contribution in [-0.2, 0) is 11.3 Å². The third-order valence-corrected chi connectivity index (χ3v) is 2.63. The van der Waals surface area contributed by atoms with Gasteiger partial charge in [-0.1, -0.05) is 0 Å². The standard InChI is InChI=1S/C14H12N2O5/c17-13-7-3-11(4-8-13)15-14(18)21-9-10-1-5-12(6-2-10)16(19)20/h1-8,17H,9H2,(H,15,18). The van der Waals surface area contributed by atoms with E-state index in [0.29, 0.717) is 11.3 Å². The molecule has 0 saturated heterocycles. The van der Waals surface area contributed by atoms with E-state index in [4.69, 9.17) is 9.84 Å². The molecule has 0 spiro atoms. The predicted octanol–water partition coefficient (Wildman–Crippen LogP) is 3.05. The number of amides is 1. The van der Waals surface area contributed by atoms with Gasteiger partial charge in [-0.25, -0.2) is 4.79 Å². The first-order valence-corrected chi connectivity index (χ1v) is 6.01. The van der Waals surface area contributed by atoms with E-state index < -0.39 is 11.0 Å². The summed E-state index contributed by atoms with van der Waals surface area (Å²) in [5.41, 5.74) is 1.11. The molecule has 2 N–H and O–H groups in total. The van der Waals surface area contributed by atoms with Crippen molar-refractivity contribution < 1.29 is 19.6 Å². The maximum Gasteiger partial charge on any atom is 0.411 e. The van der Waals surface area contributed by atoms with Crippen LogP contribution < -0.4 is 5.32 Å². The van der Waals surface area contributed by atoms with Crippen molar-refractivity contribution in [2.24, 2.45) is 0 Å². The normalized spacial score (nSPS) is 9.90. The maximum atomic E-state index is 11.5. The minimum absolute atomic E-state index is 0.00190. The van der Waals surface area contributed by atoms with Crippen LogP contribution in [0.25, 0.3) is 0 Å². The van der Waals surface area contributed by atoms with Crippen molar-refractivity contribution in [1.29, 1.82) is 0 Å². The van der Waals surface area contributed by atoms with Gasteiger partial charge >= 0.3 is 6.09 Å². The second kappa shape index (κ2) is 6.38. The Morgan fingerprint density at radius 2 is 1.76 bits per heavy atom. The number of hydrogen-bond acceptors (Lipinski definition) is 5. The van der Waals surface area contributed by atoms with Crippen molar-refractivity contribution in [3.05, 3.63) is 64.2 Å². The molecule has 0 radical (unpaired) electrons. The first kappa shape index (κ1) is 14.3. The van der Waals surface area contributed by atoms with Gasteiger partial charge in [0.25, 0.3) is 5.69 Å². The quantitative estimate of drug-likeness (QED) is 0.511. The summed E-state index contributed by atoms with van der Waals surface area (Å²) in [5.74, 6) is 0.0970. The first-order valence-electron chi connectivity index (χ1n) is 6.01. The van der Waals surface area contributed by atoms with Crippen molar-refractivity contribution in [1.82, 2.24) is 0 Å². The summed E-state index contributed by atoms with van der Waals surface area (Å²) >= 11 is 0. The SMILES string of the molecule is O=C(Nc1ccc(O)cc1)OCc1ccc([N+](=O)[O-])cc1. The Morgan fingerprint density at radius 3 is 2.33 bits per heavy atom. The van der Waals surface area contributed by atoms with Crippen molar-refractivity contribution >= 4 is 17.5 Å². The Kier molecular flexibility index (Phi) is 4.35. The highest BCUT2D eigenvalue weighted by molar-refractivity contribution is 5.84. The lowest BCUT2D eigenvalue weighted by Gasteiger charge is -2.07. The van der Waals surface area contributed by atoms with Gasteiger partial charge in [-0.3, -0.25) is 15.4 Å². The summed E-state index contributed by atoms with van der Waals surface area (Å²) in [4.78, 5) is 21.5. The second-order valence-electron chi connectivity index (χ2n) is 4.17. The number of phenols is 1. The molecule has 0 aliphatic carbocycles. The fourth-order valence-corrected chi connectivity index (χ4v) is 1.56. The number of aromatic hydroxyl groups is 1. The van der Waals surface area contributed by atoms with Crippen LogP contribution in [0.1, 0.15) is 5.56 Å². The van der Waals surface area contributed by atoms with E-state index in [1.165, 1.54) is 48.5 Å². The number of anilines is 1. The summed E-state index contributed by atoms with van der Waals surface area (Å²) < 4.78 is 4.98. The largest absolute Gasteiger partial charge is 0.508 e. The zero-order valence-corrected chi connectivity index (χ0v) is 10.9. The number of nitrogens with one attached hydrogen (secondary N) is 1. The lowest BCUT2D eigenvalue weighted by molar-refractivity contribution is -0.384. The average Bonchev–Trinajstić information content (AvgIpc) is 2.48. The lowest BCUT2D eigenvalue weighted by Crippen LogP contribution is -2.13. The third-order valence-electron chi connectivity index (χ3n) is 2.63. The van der Waals surface area contributed by atoms with Crippen molar-refractivity contribution in [2.45, 2.75) is 6.61 Å². The number of benzene rings is 2. The van der Waals surface area contributed by atoms with Crippen LogP contribution in [0.3, 0.4) is 0 Å². The molecule has 0 bridgehead atoms. The van der Waals surface area contributed by atoms with Crippen molar-refractivity contribution in [3.8, 4) is 5.75 Å². The summed E-state index contributed by atoms with van der Waals surface area (Å²) in [6.07, 6.45) is -0.654. The zero-order valence-electron chi connectivity index (χ0n) is 10.9. The number of carbonyl (C=O) groups excluding carboxylic acids is 1. The molecule has 21 heavy (non-hydrogen) atoms. The number of non-ortho nitro benzene ring substituents is 1. The van der Waals surface area contributed by atoms with Gasteiger partial charge in [0.1, 0.15) is 12.4 Å². The first-order chi connectivity index (χ1) is 10.0. The Labute approximate surface area is 119 Å². The number of phenolic OH excluding ortho intramolecular Hbond substituents is 1. The van der Waals surface area contributed by atoms with Gasteiger partial charge in [-0.05, 0) is 42.0 Å². The Bertz CT molecular complexity index is 637. The highest BCUT2D eigenvalue weighted by atomic mass is 16.6. The monoisotopic (exact) mass is 288 g/mol. The van der Waals surface area contributed by atoms with Crippen LogP contribution >= 0.6 is 0 Å². The fourth-order valence-electron chi connectivity index (χ4n) is 1.56. The Balaban J connectivity index is 1.86. The number of nitro benzene ring substituents is 1. The molecule has 2 aromatic rings. The lowest BCUT2D eigenvalue weighted by atomic mass is 10.2. The summed E-state index contributed by atoms with van der Waals surface area (Å²) in [7, 11) is 0. The smallest absolute Gasteiger partial charge is 0.411 e. The van der Waals surface area contributed by atoms with Crippen LogP contribution in [0.5, 0.6) is 5.75 Å². The van der Waals surface area contributed by atoms with Gasteiger partial charge in [0.15, 0.2) is 0 Å². The molecule has 0 aromatic heterocycles.